The van der Waals surface area contributed by atoms with Gasteiger partial charge in [0.15, 0.2) is 0 Å². The van der Waals surface area contributed by atoms with E-state index in [-0.39, 0.29) is 0 Å². The molecular weight excluding hydrogens is 232 g/mol. The Morgan fingerprint density at radius 2 is 2.12 bits per heavy atom. The molecule has 96 valence electrons. The van der Waals surface area contributed by atoms with Crippen LogP contribution in [0.4, 0.5) is 0 Å². The van der Waals surface area contributed by atoms with Crippen molar-refractivity contribution in [2.75, 3.05) is 13.0 Å². The van der Waals surface area contributed by atoms with Crippen LogP contribution in [0.3, 0.4) is 0 Å². The predicted molar refractivity (Wildman–Crippen MR) is 75.1 cm³/mol. The molecule has 0 fully saturated rings. The SMILES string of the molecule is CCCCCC(CCl)Cc1cccc(OC)c1. The number of halogens is 1. The zero-order valence-electron chi connectivity index (χ0n) is 10.9. The van der Waals surface area contributed by atoms with Gasteiger partial charge in [-0.1, -0.05) is 38.3 Å². The summed E-state index contributed by atoms with van der Waals surface area (Å²) in [5, 5.41) is 0. The standard InChI is InChI=1S/C15H23ClO/c1-3-4-5-7-14(12-16)10-13-8-6-9-15(11-13)17-2/h6,8-9,11,14H,3-5,7,10,12H2,1-2H3. The average molecular weight is 255 g/mol. The molecule has 0 aliphatic carbocycles. The summed E-state index contributed by atoms with van der Waals surface area (Å²) in [6.07, 6.45) is 6.16. The Labute approximate surface area is 110 Å². The largest absolute Gasteiger partial charge is 0.497 e. The maximum Gasteiger partial charge on any atom is 0.119 e. The molecule has 1 unspecified atom stereocenters. The Balaban J connectivity index is 2.48. The van der Waals surface area contributed by atoms with E-state index in [1.807, 2.05) is 12.1 Å². The minimum atomic E-state index is 0.593. The monoisotopic (exact) mass is 254 g/mol. The van der Waals surface area contributed by atoms with Crippen LogP contribution in [0.2, 0.25) is 0 Å². The maximum atomic E-state index is 6.04. The quantitative estimate of drug-likeness (QED) is 0.484. The van der Waals surface area contributed by atoms with E-state index in [0.717, 1.165) is 18.1 Å². The third kappa shape index (κ3) is 5.45. The molecule has 0 spiro atoms. The van der Waals surface area contributed by atoms with Crippen LogP contribution in [0.5, 0.6) is 5.75 Å². The number of benzene rings is 1. The highest BCUT2D eigenvalue weighted by Crippen LogP contribution is 2.20. The van der Waals surface area contributed by atoms with Crippen molar-refractivity contribution >= 4 is 11.6 Å². The highest BCUT2D eigenvalue weighted by molar-refractivity contribution is 6.18. The normalized spacial score (nSPS) is 12.4. The van der Waals surface area contributed by atoms with Gasteiger partial charge in [-0.15, -0.1) is 11.6 Å². The molecule has 0 amide bonds. The van der Waals surface area contributed by atoms with Crippen LogP contribution < -0.4 is 4.74 Å². The van der Waals surface area contributed by atoms with Gasteiger partial charge in [0.2, 0.25) is 0 Å². The molecule has 2 heteroatoms. The Kier molecular flexibility index (Phi) is 7.11. The van der Waals surface area contributed by atoms with Crippen molar-refractivity contribution in [1.29, 1.82) is 0 Å². The molecule has 0 aromatic heterocycles. The topological polar surface area (TPSA) is 9.23 Å². The van der Waals surface area contributed by atoms with Crippen molar-refractivity contribution in [3.05, 3.63) is 29.8 Å². The maximum absolute atomic E-state index is 6.04. The fourth-order valence-corrected chi connectivity index (χ4v) is 2.31. The van der Waals surface area contributed by atoms with Crippen molar-refractivity contribution < 1.29 is 4.74 Å². The summed E-state index contributed by atoms with van der Waals surface area (Å²) in [5.41, 5.74) is 1.33. The Bertz CT molecular complexity index is 312. The van der Waals surface area contributed by atoms with E-state index >= 15 is 0 Å². The molecule has 0 radical (unpaired) electrons. The first-order valence-electron chi connectivity index (χ1n) is 6.49. The lowest BCUT2D eigenvalue weighted by molar-refractivity contribution is 0.413. The molecule has 1 aromatic carbocycles. The number of unbranched alkanes of at least 4 members (excludes halogenated alkanes) is 2. The molecule has 0 N–H and O–H groups in total. The van der Waals surface area contributed by atoms with Crippen LogP contribution in [-0.4, -0.2) is 13.0 Å². The minimum Gasteiger partial charge on any atom is -0.497 e. The van der Waals surface area contributed by atoms with Gasteiger partial charge in [-0.2, -0.15) is 0 Å². The number of rotatable bonds is 8. The van der Waals surface area contributed by atoms with Gasteiger partial charge in [0, 0.05) is 5.88 Å². The molecule has 1 nitrogen and oxygen atoms in total. The lowest BCUT2D eigenvalue weighted by Crippen LogP contribution is -2.06. The molecule has 0 bridgehead atoms. The van der Waals surface area contributed by atoms with Crippen molar-refractivity contribution in [3.8, 4) is 5.75 Å². The summed E-state index contributed by atoms with van der Waals surface area (Å²) >= 11 is 6.04. The Morgan fingerprint density at radius 1 is 1.29 bits per heavy atom. The molecule has 0 aliphatic heterocycles. The van der Waals surface area contributed by atoms with Crippen LogP contribution >= 0.6 is 11.6 Å². The third-order valence-electron chi connectivity index (χ3n) is 3.09. The molecule has 1 aromatic rings. The lowest BCUT2D eigenvalue weighted by Gasteiger charge is -2.14. The fourth-order valence-electron chi connectivity index (χ4n) is 2.05. The fraction of sp³-hybridized carbons (Fsp3) is 0.600. The first kappa shape index (κ1) is 14.4. The molecule has 1 rings (SSSR count). The van der Waals surface area contributed by atoms with E-state index in [1.54, 1.807) is 7.11 Å². The van der Waals surface area contributed by atoms with Crippen LogP contribution in [0.15, 0.2) is 24.3 Å². The summed E-state index contributed by atoms with van der Waals surface area (Å²) in [7, 11) is 1.71. The molecule has 0 saturated carbocycles. The summed E-state index contributed by atoms with van der Waals surface area (Å²) < 4.78 is 5.24. The first-order valence-corrected chi connectivity index (χ1v) is 7.02. The minimum absolute atomic E-state index is 0.593. The molecule has 1 atom stereocenters. The highest BCUT2D eigenvalue weighted by atomic mass is 35.5. The van der Waals surface area contributed by atoms with Crippen LogP contribution in [0.25, 0.3) is 0 Å². The lowest BCUT2D eigenvalue weighted by atomic mass is 9.95. The second kappa shape index (κ2) is 8.41. The predicted octanol–water partition coefficient (Wildman–Crippen LogP) is 4.67. The van der Waals surface area contributed by atoms with E-state index in [4.69, 9.17) is 16.3 Å². The van der Waals surface area contributed by atoms with Gasteiger partial charge in [0.05, 0.1) is 7.11 Å². The molecule has 0 heterocycles. The number of hydrogen-bond acceptors (Lipinski definition) is 1. The van der Waals surface area contributed by atoms with E-state index in [1.165, 1.54) is 31.2 Å². The van der Waals surface area contributed by atoms with Gasteiger partial charge >= 0.3 is 0 Å². The third-order valence-corrected chi connectivity index (χ3v) is 3.53. The van der Waals surface area contributed by atoms with E-state index in [2.05, 4.69) is 19.1 Å². The average Bonchev–Trinajstić information content (AvgIpc) is 2.38. The molecular formula is C15H23ClO. The van der Waals surface area contributed by atoms with Crippen molar-refractivity contribution in [2.45, 2.75) is 39.0 Å². The van der Waals surface area contributed by atoms with Crippen LogP contribution in [0.1, 0.15) is 38.2 Å². The number of alkyl halides is 1. The number of methoxy groups -OCH3 is 1. The number of hydrogen-bond donors (Lipinski definition) is 0. The summed E-state index contributed by atoms with van der Waals surface area (Å²) in [5.74, 6) is 2.28. The Hall–Kier alpha value is -0.690. The van der Waals surface area contributed by atoms with Crippen LogP contribution in [0, 0.1) is 5.92 Å². The zero-order chi connectivity index (χ0) is 12.5. The second-order valence-electron chi connectivity index (χ2n) is 4.57. The van der Waals surface area contributed by atoms with Crippen molar-refractivity contribution in [3.63, 3.8) is 0 Å². The summed E-state index contributed by atoms with van der Waals surface area (Å²) in [6.45, 7) is 2.23. The molecule has 0 aliphatic rings. The summed E-state index contributed by atoms with van der Waals surface area (Å²) in [6, 6.07) is 8.29. The van der Waals surface area contributed by atoms with Gasteiger partial charge in [-0.3, -0.25) is 0 Å². The molecule has 0 saturated heterocycles. The van der Waals surface area contributed by atoms with Gasteiger partial charge in [-0.25, -0.2) is 0 Å². The van der Waals surface area contributed by atoms with E-state index in [0.29, 0.717) is 5.92 Å². The smallest absolute Gasteiger partial charge is 0.119 e. The van der Waals surface area contributed by atoms with Crippen molar-refractivity contribution in [2.24, 2.45) is 5.92 Å². The van der Waals surface area contributed by atoms with Gasteiger partial charge in [0.25, 0.3) is 0 Å². The highest BCUT2D eigenvalue weighted by Gasteiger charge is 2.08. The first-order chi connectivity index (χ1) is 8.30. The zero-order valence-corrected chi connectivity index (χ0v) is 11.7. The van der Waals surface area contributed by atoms with Gasteiger partial charge < -0.3 is 4.74 Å². The van der Waals surface area contributed by atoms with E-state index < -0.39 is 0 Å². The van der Waals surface area contributed by atoms with E-state index in [9.17, 15) is 0 Å². The molecule has 17 heavy (non-hydrogen) atoms. The summed E-state index contributed by atoms with van der Waals surface area (Å²) in [4.78, 5) is 0. The Morgan fingerprint density at radius 3 is 2.76 bits per heavy atom. The van der Waals surface area contributed by atoms with Crippen molar-refractivity contribution in [1.82, 2.24) is 0 Å². The van der Waals surface area contributed by atoms with Gasteiger partial charge in [-0.05, 0) is 36.5 Å². The second-order valence-corrected chi connectivity index (χ2v) is 4.88. The number of ether oxygens (including phenoxy) is 1. The van der Waals surface area contributed by atoms with Gasteiger partial charge in [0.1, 0.15) is 5.75 Å². The van der Waals surface area contributed by atoms with Crippen LogP contribution in [-0.2, 0) is 6.42 Å².